The van der Waals surface area contributed by atoms with Crippen molar-refractivity contribution in [3.05, 3.63) is 60.2 Å². The molecule has 0 amide bonds. The van der Waals surface area contributed by atoms with Crippen molar-refractivity contribution in [1.82, 2.24) is 5.32 Å². The molecule has 0 radical (unpaired) electrons. The van der Waals surface area contributed by atoms with E-state index in [4.69, 9.17) is 4.74 Å². The SMILES string of the molecule is CC(NCCOc1ccccc1)c1cccc(O)c1. The lowest BCUT2D eigenvalue weighted by atomic mass is 10.1. The number of aromatic hydroxyl groups is 1. The van der Waals surface area contributed by atoms with Crippen LogP contribution in [0.3, 0.4) is 0 Å². The molecule has 0 aliphatic rings. The summed E-state index contributed by atoms with van der Waals surface area (Å²) in [5.41, 5.74) is 1.07. The molecular weight excluding hydrogens is 238 g/mol. The summed E-state index contributed by atoms with van der Waals surface area (Å²) in [6.07, 6.45) is 0. The van der Waals surface area contributed by atoms with Gasteiger partial charge in [0.05, 0.1) is 0 Å². The van der Waals surface area contributed by atoms with Crippen LogP contribution in [-0.2, 0) is 0 Å². The zero-order chi connectivity index (χ0) is 13.5. The van der Waals surface area contributed by atoms with Gasteiger partial charge in [0.1, 0.15) is 18.1 Å². The highest BCUT2D eigenvalue weighted by molar-refractivity contribution is 5.29. The van der Waals surface area contributed by atoms with Crippen molar-refractivity contribution < 1.29 is 9.84 Å². The molecule has 1 unspecified atom stereocenters. The fourth-order valence-corrected chi connectivity index (χ4v) is 1.87. The first-order valence-electron chi connectivity index (χ1n) is 6.46. The van der Waals surface area contributed by atoms with Crippen LogP contribution in [0.15, 0.2) is 54.6 Å². The van der Waals surface area contributed by atoms with Crippen molar-refractivity contribution in [3.63, 3.8) is 0 Å². The van der Waals surface area contributed by atoms with E-state index >= 15 is 0 Å². The molecule has 1 atom stereocenters. The van der Waals surface area contributed by atoms with Gasteiger partial charge in [0, 0.05) is 12.6 Å². The molecule has 0 bridgehead atoms. The van der Waals surface area contributed by atoms with Gasteiger partial charge >= 0.3 is 0 Å². The maximum Gasteiger partial charge on any atom is 0.119 e. The van der Waals surface area contributed by atoms with Gasteiger partial charge in [-0.1, -0.05) is 30.3 Å². The summed E-state index contributed by atoms with van der Waals surface area (Å²) in [7, 11) is 0. The molecule has 3 heteroatoms. The number of phenols is 1. The Balaban J connectivity index is 1.74. The third kappa shape index (κ3) is 4.30. The normalized spacial score (nSPS) is 12.1. The molecule has 2 aromatic carbocycles. The van der Waals surface area contributed by atoms with E-state index in [1.165, 1.54) is 0 Å². The molecule has 2 N–H and O–H groups in total. The summed E-state index contributed by atoms with van der Waals surface area (Å²) < 4.78 is 5.60. The number of rotatable bonds is 6. The second kappa shape index (κ2) is 6.81. The Morgan fingerprint density at radius 3 is 2.63 bits per heavy atom. The minimum atomic E-state index is 0.187. The van der Waals surface area contributed by atoms with E-state index in [0.717, 1.165) is 17.9 Å². The van der Waals surface area contributed by atoms with E-state index in [0.29, 0.717) is 12.4 Å². The summed E-state index contributed by atoms with van der Waals surface area (Å²) in [4.78, 5) is 0. The maximum atomic E-state index is 9.43. The van der Waals surface area contributed by atoms with Crippen LogP contribution in [0.2, 0.25) is 0 Å². The van der Waals surface area contributed by atoms with Crippen molar-refractivity contribution in [1.29, 1.82) is 0 Å². The summed E-state index contributed by atoms with van der Waals surface area (Å²) in [5.74, 6) is 1.18. The van der Waals surface area contributed by atoms with Crippen LogP contribution < -0.4 is 10.1 Å². The van der Waals surface area contributed by atoms with Gasteiger partial charge in [-0.15, -0.1) is 0 Å². The van der Waals surface area contributed by atoms with Gasteiger partial charge in [-0.2, -0.15) is 0 Å². The van der Waals surface area contributed by atoms with Crippen LogP contribution in [0.5, 0.6) is 11.5 Å². The first kappa shape index (κ1) is 13.4. The predicted octanol–water partition coefficient (Wildman–Crippen LogP) is 3.12. The van der Waals surface area contributed by atoms with E-state index in [-0.39, 0.29) is 6.04 Å². The number of phenolic OH excluding ortho intramolecular Hbond substituents is 1. The summed E-state index contributed by atoms with van der Waals surface area (Å²) >= 11 is 0. The van der Waals surface area contributed by atoms with Crippen LogP contribution >= 0.6 is 0 Å². The van der Waals surface area contributed by atoms with Crippen molar-refractivity contribution in [2.75, 3.05) is 13.2 Å². The van der Waals surface area contributed by atoms with Crippen molar-refractivity contribution >= 4 is 0 Å². The number of ether oxygens (including phenoxy) is 1. The standard InChI is InChI=1S/C16H19NO2/c1-13(14-6-5-7-15(18)12-14)17-10-11-19-16-8-3-2-4-9-16/h2-9,12-13,17-18H,10-11H2,1H3. The lowest BCUT2D eigenvalue weighted by Crippen LogP contribution is -2.24. The monoisotopic (exact) mass is 257 g/mol. The third-order valence-electron chi connectivity index (χ3n) is 2.93. The molecule has 0 aliphatic heterocycles. The third-order valence-corrected chi connectivity index (χ3v) is 2.93. The van der Waals surface area contributed by atoms with Crippen LogP contribution in [0.1, 0.15) is 18.5 Å². The molecule has 0 fully saturated rings. The minimum Gasteiger partial charge on any atom is -0.508 e. The smallest absolute Gasteiger partial charge is 0.119 e. The Morgan fingerprint density at radius 1 is 1.11 bits per heavy atom. The van der Waals surface area contributed by atoms with Gasteiger partial charge < -0.3 is 15.2 Å². The molecule has 19 heavy (non-hydrogen) atoms. The summed E-state index contributed by atoms with van der Waals surface area (Å²) in [6, 6.07) is 17.2. The Labute approximate surface area is 113 Å². The quantitative estimate of drug-likeness (QED) is 0.781. The lowest BCUT2D eigenvalue weighted by Gasteiger charge is -2.14. The lowest BCUT2D eigenvalue weighted by molar-refractivity contribution is 0.307. The maximum absolute atomic E-state index is 9.43. The Hall–Kier alpha value is -2.00. The molecular formula is C16H19NO2. The molecule has 0 aromatic heterocycles. The van der Waals surface area contributed by atoms with Crippen LogP contribution in [0.4, 0.5) is 0 Å². The first-order valence-corrected chi connectivity index (χ1v) is 6.46. The average Bonchev–Trinajstić information content (AvgIpc) is 2.44. The second-order valence-corrected chi connectivity index (χ2v) is 4.43. The van der Waals surface area contributed by atoms with Gasteiger partial charge in [0.2, 0.25) is 0 Å². The Bertz CT molecular complexity index is 499. The molecule has 0 saturated heterocycles. The van der Waals surface area contributed by atoms with E-state index in [9.17, 15) is 5.11 Å². The van der Waals surface area contributed by atoms with Crippen molar-refractivity contribution in [2.24, 2.45) is 0 Å². The van der Waals surface area contributed by atoms with E-state index < -0.39 is 0 Å². The number of hydrogen-bond acceptors (Lipinski definition) is 3. The highest BCUT2D eigenvalue weighted by Crippen LogP contribution is 2.17. The molecule has 0 saturated carbocycles. The average molecular weight is 257 g/mol. The Morgan fingerprint density at radius 2 is 1.89 bits per heavy atom. The topological polar surface area (TPSA) is 41.5 Å². The minimum absolute atomic E-state index is 0.187. The number of nitrogens with one attached hydrogen (secondary N) is 1. The highest BCUT2D eigenvalue weighted by atomic mass is 16.5. The second-order valence-electron chi connectivity index (χ2n) is 4.43. The van der Waals surface area contributed by atoms with Crippen LogP contribution in [-0.4, -0.2) is 18.3 Å². The largest absolute Gasteiger partial charge is 0.508 e. The van der Waals surface area contributed by atoms with Crippen LogP contribution in [0.25, 0.3) is 0 Å². The van der Waals surface area contributed by atoms with Crippen LogP contribution in [0, 0.1) is 0 Å². The van der Waals surface area contributed by atoms with Gasteiger partial charge in [-0.3, -0.25) is 0 Å². The summed E-state index contributed by atoms with van der Waals surface area (Å²) in [6.45, 7) is 3.44. The molecule has 0 heterocycles. The zero-order valence-corrected chi connectivity index (χ0v) is 11.0. The molecule has 100 valence electrons. The molecule has 2 aromatic rings. The van der Waals surface area contributed by atoms with Gasteiger partial charge in [-0.25, -0.2) is 0 Å². The van der Waals surface area contributed by atoms with E-state index in [1.807, 2.05) is 42.5 Å². The van der Waals surface area contributed by atoms with Crippen molar-refractivity contribution in [2.45, 2.75) is 13.0 Å². The fourth-order valence-electron chi connectivity index (χ4n) is 1.87. The van der Waals surface area contributed by atoms with Gasteiger partial charge in [-0.05, 0) is 36.8 Å². The van der Waals surface area contributed by atoms with E-state index in [1.54, 1.807) is 12.1 Å². The molecule has 2 rings (SSSR count). The molecule has 0 spiro atoms. The first-order chi connectivity index (χ1) is 9.25. The Kier molecular flexibility index (Phi) is 4.81. The number of hydrogen-bond donors (Lipinski definition) is 2. The zero-order valence-electron chi connectivity index (χ0n) is 11.0. The summed E-state index contributed by atoms with van der Waals surface area (Å²) in [5, 5.41) is 12.8. The van der Waals surface area contributed by atoms with Gasteiger partial charge in [0.15, 0.2) is 0 Å². The number of para-hydroxylation sites is 1. The van der Waals surface area contributed by atoms with Crippen molar-refractivity contribution in [3.8, 4) is 11.5 Å². The molecule has 3 nitrogen and oxygen atoms in total. The predicted molar refractivity (Wildman–Crippen MR) is 76.5 cm³/mol. The fraction of sp³-hybridized carbons (Fsp3) is 0.250. The highest BCUT2D eigenvalue weighted by Gasteiger charge is 2.04. The number of benzene rings is 2. The van der Waals surface area contributed by atoms with E-state index in [2.05, 4.69) is 12.2 Å². The van der Waals surface area contributed by atoms with Gasteiger partial charge in [0.25, 0.3) is 0 Å². The molecule has 0 aliphatic carbocycles.